The van der Waals surface area contributed by atoms with Crippen molar-refractivity contribution >= 4 is 17.2 Å². The smallest absolute Gasteiger partial charge is 0.261 e. The summed E-state index contributed by atoms with van der Waals surface area (Å²) in [6, 6.07) is 9.90. The normalized spacial score (nSPS) is 17.3. The van der Waals surface area contributed by atoms with Gasteiger partial charge in [-0.3, -0.25) is 9.69 Å². The predicted molar refractivity (Wildman–Crippen MR) is 113 cm³/mol. The Morgan fingerprint density at radius 3 is 2.96 bits per heavy atom. The maximum Gasteiger partial charge on any atom is 0.261 e. The summed E-state index contributed by atoms with van der Waals surface area (Å²) in [6.07, 6.45) is 3.36. The lowest BCUT2D eigenvalue weighted by Crippen LogP contribution is -2.33. The molecule has 1 aliphatic heterocycles. The van der Waals surface area contributed by atoms with Crippen LogP contribution < -0.4 is 14.8 Å². The number of nitrogens with one attached hydrogen (secondary N) is 1. The highest BCUT2D eigenvalue weighted by molar-refractivity contribution is 7.12. The number of hydrogen-bond acceptors (Lipinski definition) is 5. The lowest BCUT2D eigenvalue weighted by molar-refractivity contribution is 0.0955. The van der Waals surface area contributed by atoms with Gasteiger partial charge >= 0.3 is 0 Å². The summed E-state index contributed by atoms with van der Waals surface area (Å²) >= 11 is 1.45. The Morgan fingerprint density at radius 1 is 1.32 bits per heavy atom. The van der Waals surface area contributed by atoms with E-state index in [1.807, 2.05) is 23.6 Å². The number of hydrogen-bond donors (Lipinski definition) is 1. The average Bonchev–Trinajstić information content (AvgIpc) is 3.23. The van der Waals surface area contributed by atoms with Gasteiger partial charge in [0, 0.05) is 19.6 Å². The monoisotopic (exact) mass is 402 g/mol. The largest absolute Gasteiger partial charge is 0.493 e. The molecular formula is C22H30N2O3S. The van der Waals surface area contributed by atoms with Crippen LogP contribution in [0.5, 0.6) is 11.5 Å². The van der Waals surface area contributed by atoms with Crippen LogP contribution in [0.3, 0.4) is 0 Å². The Labute approximate surface area is 171 Å². The van der Waals surface area contributed by atoms with Gasteiger partial charge in [-0.25, -0.2) is 0 Å². The number of likely N-dealkylation sites (tertiary alicyclic amines) is 1. The molecule has 1 N–H and O–H groups in total. The van der Waals surface area contributed by atoms with E-state index in [4.69, 9.17) is 9.47 Å². The lowest BCUT2D eigenvalue weighted by atomic mass is 10.00. The lowest BCUT2D eigenvalue weighted by Gasteiger charge is -2.30. The van der Waals surface area contributed by atoms with Crippen LogP contribution in [0, 0.1) is 5.92 Å². The number of methoxy groups -OCH3 is 1. The summed E-state index contributed by atoms with van der Waals surface area (Å²) in [4.78, 5) is 15.1. The van der Waals surface area contributed by atoms with Crippen LogP contribution in [0.4, 0.5) is 0 Å². The molecule has 2 aromatic rings. The summed E-state index contributed by atoms with van der Waals surface area (Å²) in [7, 11) is 1.68. The first-order valence-corrected chi connectivity index (χ1v) is 10.9. The first-order valence-electron chi connectivity index (χ1n) is 9.99. The van der Waals surface area contributed by atoms with Gasteiger partial charge in [0.05, 0.1) is 18.6 Å². The number of carbonyl (C=O) groups excluding carboxylic acids is 1. The number of rotatable bonds is 9. The van der Waals surface area contributed by atoms with Crippen molar-refractivity contribution in [3.63, 3.8) is 0 Å². The number of carbonyl (C=O) groups is 1. The van der Waals surface area contributed by atoms with Crippen LogP contribution in [0.2, 0.25) is 0 Å². The summed E-state index contributed by atoms with van der Waals surface area (Å²) in [5.41, 5.74) is 1.25. The molecule has 3 rings (SSSR count). The van der Waals surface area contributed by atoms with Gasteiger partial charge < -0.3 is 14.8 Å². The van der Waals surface area contributed by atoms with Crippen molar-refractivity contribution in [2.24, 2.45) is 5.92 Å². The van der Waals surface area contributed by atoms with Crippen LogP contribution in [-0.2, 0) is 6.54 Å². The molecule has 1 amide bonds. The number of amides is 1. The fourth-order valence-electron chi connectivity index (χ4n) is 3.57. The fraction of sp³-hybridized carbons (Fsp3) is 0.500. The summed E-state index contributed by atoms with van der Waals surface area (Å²) < 4.78 is 11.4. The second-order valence-corrected chi connectivity index (χ2v) is 8.35. The van der Waals surface area contributed by atoms with Crippen LogP contribution in [0.15, 0.2) is 35.7 Å². The minimum Gasteiger partial charge on any atom is -0.493 e. The number of benzene rings is 1. The molecule has 28 heavy (non-hydrogen) atoms. The van der Waals surface area contributed by atoms with E-state index in [9.17, 15) is 4.79 Å². The molecule has 0 aliphatic carbocycles. The zero-order valence-electron chi connectivity index (χ0n) is 16.8. The summed E-state index contributed by atoms with van der Waals surface area (Å²) in [6.45, 7) is 6.73. The first kappa shape index (κ1) is 20.7. The zero-order chi connectivity index (χ0) is 19.8. The van der Waals surface area contributed by atoms with E-state index in [1.165, 1.54) is 36.3 Å². The zero-order valence-corrected chi connectivity index (χ0v) is 17.6. The van der Waals surface area contributed by atoms with Crippen molar-refractivity contribution in [2.75, 3.05) is 33.4 Å². The molecule has 2 heterocycles. The molecule has 0 spiro atoms. The van der Waals surface area contributed by atoms with E-state index in [0.717, 1.165) is 41.8 Å². The quantitative estimate of drug-likeness (QED) is 0.639. The van der Waals surface area contributed by atoms with Crippen LogP contribution in [0.25, 0.3) is 0 Å². The Balaban J connectivity index is 1.44. The maximum atomic E-state index is 11.9. The van der Waals surface area contributed by atoms with Crippen molar-refractivity contribution in [2.45, 2.75) is 32.7 Å². The molecular weight excluding hydrogens is 372 g/mol. The molecule has 152 valence electrons. The number of thiophene rings is 1. The molecule has 1 saturated heterocycles. The third-order valence-electron chi connectivity index (χ3n) is 4.98. The van der Waals surface area contributed by atoms with E-state index < -0.39 is 0 Å². The Bertz CT molecular complexity index is 748. The minimum absolute atomic E-state index is 0.0241. The highest BCUT2D eigenvalue weighted by Gasteiger charge is 2.17. The van der Waals surface area contributed by atoms with Crippen molar-refractivity contribution in [3.8, 4) is 11.5 Å². The SMILES string of the molecule is COc1cc(CN2CCC[C@H](C)C2)ccc1OCCCNC(=O)c1cccs1. The standard InChI is InChI=1S/C22H30N2O3S/c1-17-6-3-11-24(15-17)16-18-8-9-19(20(14-18)26-2)27-12-5-10-23-22(25)21-7-4-13-28-21/h4,7-9,13-14,17H,3,5-6,10-12,15-16H2,1-2H3,(H,23,25)/t17-/m0/s1. The van der Waals surface area contributed by atoms with Gasteiger partial charge in [-0.2, -0.15) is 0 Å². The molecule has 0 unspecified atom stereocenters. The molecule has 0 radical (unpaired) electrons. The van der Waals surface area contributed by atoms with E-state index >= 15 is 0 Å². The Morgan fingerprint density at radius 2 is 2.21 bits per heavy atom. The van der Waals surface area contributed by atoms with E-state index in [1.54, 1.807) is 7.11 Å². The molecule has 1 fully saturated rings. The van der Waals surface area contributed by atoms with Gasteiger partial charge in [-0.05, 0) is 60.9 Å². The van der Waals surface area contributed by atoms with Gasteiger partial charge in [-0.15, -0.1) is 11.3 Å². The Kier molecular flexibility index (Phi) is 7.74. The van der Waals surface area contributed by atoms with E-state index in [-0.39, 0.29) is 5.91 Å². The van der Waals surface area contributed by atoms with Gasteiger partial charge in [0.2, 0.25) is 0 Å². The van der Waals surface area contributed by atoms with Gasteiger partial charge in [0.15, 0.2) is 11.5 Å². The van der Waals surface area contributed by atoms with Crippen molar-refractivity contribution < 1.29 is 14.3 Å². The van der Waals surface area contributed by atoms with Crippen LogP contribution in [0.1, 0.15) is 41.4 Å². The molecule has 5 nitrogen and oxygen atoms in total. The maximum absolute atomic E-state index is 11.9. The van der Waals surface area contributed by atoms with E-state index in [2.05, 4.69) is 29.3 Å². The molecule has 0 saturated carbocycles. The highest BCUT2D eigenvalue weighted by atomic mass is 32.1. The van der Waals surface area contributed by atoms with Gasteiger partial charge in [0.1, 0.15) is 0 Å². The molecule has 1 atom stereocenters. The number of nitrogens with zero attached hydrogens (tertiary/aromatic N) is 1. The third-order valence-corrected chi connectivity index (χ3v) is 5.85. The predicted octanol–water partition coefficient (Wildman–Crippen LogP) is 4.19. The summed E-state index contributed by atoms with van der Waals surface area (Å²) in [5.74, 6) is 2.27. The molecule has 1 aromatic carbocycles. The second-order valence-electron chi connectivity index (χ2n) is 7.40. The molecule has 0 bridgehead atoms. The minimum atomic E-state index is -0.0241. The third kappa shape index (κ3) is 5.97. The van der Waals surface area contributed by atoms with Gasteiger partial charge in [0.25, 0.3) is 5.91 Å². The van der Waals surface area contributed by atoms with Crippen LogP contribution in [-0.4, -0.2) is 44.2 Å². The van der Waals surface area contributed by atoms with Gasteiger partial charge in [-0.1, -0.05) is 19.1 Å². The van der Waals surface area contributed by atoms with E-state index in [0.29, 0.717) is 13.2 Å². The molecule has 1 aliphatic rings. The van der Waals surface area contributed by atoms with Crippen molar-refractivity contribution in [1.29, 1.82) is 0 Å². The number of ether oxygens (including phenoxy) is 2. The molecule has 1 aromatic heterocycles. The highest BCUT2D eigenvalue weighted by Crippen LogP contribution is 2.29. The average molecular weight is 403 g/mol. The fourth-order valence-corrected chi connectivity index (χ4v) is 4.21. The summed E-state index contributed by atoms with van der Waals surface area (Å²) in [5, 5.41) is 4.82. The second kappa shape index (κ2) is 10.5. The van der Waals surface area contributed by atoms with Crippen LogP contribution >= 0.6 is 11.3 Å². The first-order chi connectivity index (χ1) is 13.7. The number of piperidine rings is 1. The Hall–Kier alpha value is -2.05. The van der Waals surface area contributed by atoms with Crippen molar-refractivity contribution in [3.05, 3.63) is 46.2 Å². The van der Waals surface area contributed by atoms with Crippen molar-refractivity contribution in [1.82, 2.24) is 10.2 Å². The molecule has 6 heteroatoms. The topological polar surface area (TPSA) is 50.8 Å².